The quantitative estimate of drug-likeness (QED) is 0.461. The van der Waals surface area contributed by atoms with E-state index < -0.39 is 5.97 Å². The van der Waals surface area contributed by atoms with Crippen LogP contribution in [0.15, 0.2) is 47.8 Å². The number of hydrogen-bond donors (Lipinski definition) is 2. The summed E-state index contributed by atoms with van der Waals surface area (Å²) in [5, 5.41) is 15.6. The second-order valence-corrected chi connectivity index (χ2v) is 7.50. The summed E-state index contributed by atoms with van der Waals surface area (Å²) in [6.45, 7) is 3.77. The Bertz CT molecular complexity index is 1220. The summed E-state index contributed by atoms with van der Waals surface area (Å²) in [6, 6.07) is 12.8. The minimum Gasteiger partial charge on any atom is -0.497 e. The van der Waals surface area contributed by atoms with Gasteiger partial charge in [-0.2, -0.15) is 0 Å². The molecule has 7 heteroatoms. The predicted octanol–water partition coefficient (Wildman–Crippen LogP) is 5.43. The number of fused-ring (bicyclic) bond motifs is 1. The zero-order chi connectivity index (χ0) is 20.5. The molecule has 4 rings (SSSR count). The average Bonchev–Trinajstić information content (AvgIpc) is 3.13. The second kappa shape index (κ2) is 7.52. The van der Waals surface area contributed by atoms with Crippen molar-refractivity contribution in [3.63, 3.8) is 0 Å². The van der Waals surface area contributed by atoms with Gasteiger partial charge in [-0.25, -0.2) is 14.8 Å². The molecular weight excluding hydrogens is 386 g/mol. The van der Waals surface area contributed by atoms with Crippen LogP contribution in [0.5, 0.6) is 5.75 Å². The molecule has 0 atom stereocenters. The highest BCUT2D eigenvalue weighted by molar-refractivity contribution is 7.17. The molecule has 0 amide bonds. The van der Waals surface area contributed by atoms with E-state index >= 15 is 0 Å². The van der Waals surface area contributed by atoms with E-state index in [4.69, 9.17) is 4.74 Å². The van der Waals surface area contributed by atoms with Gasteiger partial charge < -0.3 is 15.2 Å². The lowest BCUT2D eigenvalue weighted by Crippen LogP contribution is -2.02. The Kier molecular flexibility index (Phi) is 4.90. The van der Waals surface area contributed by atoms with Crippen LogP contribution in [0.3, 0.4) is 0 Å². The standard InChI is InChI=1S/C22H19N3O3S/c1-12-4-5-15(22(26)27)10-18(12)25-20-19-17(11-29-21(19)24-13(2)23-20)14-6-8-16(28-3)9-7-14/h4-11H,1-3H3,(H,26,27)(H,23,24,25). The number of carboxylic acids is 1. The summed E-state index contributed by atoms with van der Waals surface area (Å²) >= 11 is 1.55. The van der Waals surface area contributed by atoms with Gasteiger partial charge in [-0.1, -0.05) is 18.2 Å². The van der Waals surface area contributed by atoms with Crippen LogP contribution in [-0.2, 0) is 0 Å². The number of aromatic nitrogens is 2. The molecule has 4 aromatic rings. The van der Waals surface area contributed by atoms with Crippen molar-refractivity contribution in [2.45, 2.75) is 13.8 Å². The predicted molar refractivity (Wildman–Crippen MR) is 116 cm³/mol. The summed E-state index contributed by atoms with van der Waals surface area (Å²) in [4.78, 5) is 21.4. The summed E-state index contributed by atoms with van der Waals surface area (Å²) < 4.78 is 5.25. The van der Waals surface area contributed by atoms with Crippen molar-refractivity contribution in [2.75, 3.05) is 12.4 Å². The monoisotopic (exact) mass is 405 g/mol. The number of thiophene rings is 1. The highest BCUT2D eigenvalue weighted by atomic mass is 32.1. The molecule has 29 heavy (non-hydrogen) atoms. The van der Waals surface area contributed by atoms with Crippen molar-refractivity contribution < 1.29 is 14.6 Å². The van der Waals surface area contributed by atoms with Crippen LogP contribution in [0.2, 0.25) is 0 Å². The molecule has 146 valence electrons. The van der Waals surface area contributed by atoms with E-state index in [1.807, 2.05) is 38.1 Å². The van der Waals surface area contributed by atoms with Crippen LogP contribution in [0, 0.1) is 13.8 Å². The number of nitrogens with zero attached hydrogens (tertiary/aromatic N) is 2. The van der Waals surface area contributed by atoms with Gasteiger partial charge in [0, 0.05) is 16.6 Å². The zero-order valence-electron chi connectivity index (χ0n) is 16.2. The van der Waals surface area contributed by atoms with E-state index in [0.29, 0.717) is 17.3 Å². The molecule has 0 aliphatic rings. The lowest BCUT2D eigenvalue weighted by molar-refractivity contribution is 0.0697. The fourth-order valence-electron chi connectivity index (χ4n) is 3.14. The highest BCUT2D eigenvalue weighted by Crippen LogP contribution is 2.38. The van der Waals surface area contributed by atoms with E-state index in [9.17, 15) is 9.90 Å². The van der Waals surface area contributed by atoms with Gasteiger partial charge in [0.2, 0.25) is 0 Å². The first-order valence-electron chi connectivity index (χ1n) is 8.97. The molecule has 2 aromatic carbocycles. The van der Waals surface area contributed by atoms with Crippen LogP contribution in [-0.4, -0.2) is 28.2 Å². The van der Waals surface area contributed by atoms with Gasteiger partial charge in [0.1, 0.15) is 22.2 Å². The molecule has 2 N–H and O–H groups in total. The van der Waals surface area contributed by atoms with E-state index in [2.05, 4.69) is 20.7 Å². The van der Waals surface area contributed by atoms with E-state index in [1.54, 1.807) is 36.6 Å². The third-order valence-electron chi connectivity index (χ3n) is 4.68. The smallest absolute Gasteiger partial charge is 0.335 e. The first-order chi connectivity index (χ1) is 14.0. The highest BCUT2D eigenvalue weighted by Gasteiger charge is 2.16. The fraction of sp³-hybridized carbons (Fsp3) is 0.136. The van der Waals surface area contributed by atoms with Gasteiger partial charge in [0.15, 0.2) is 0 Å². The number of aryl methyl sites for hydroxylation is 2. The van der Waals surface area contributed by atoms with Crippen molar-refractivity contribution in [2.24, 2.45) is 0 Å². The molecule has 2 aromatic heterocycles. The van der Waals surface area contributed by atoms with Crippen molar-refractivity contribution in [3.05, 3.63) is 64.8 Å². The SMILES string of the molecule is COc1ccc(-c2csc3nc(C)nc(Nc4cc(C(=O)O)ccc4C)c23)cc1. The average molecular weight is 405 g/mol. The molecule has 0 aliphatic heterocycles. The Morgan fingerprint density at radius 3 is 2.55 bits per heavy atom. The molecule has 2 heterocycles. The maximum atomic E-state index is 11.4. The van der Waals surface area contributed by atoms with E-state index in [1.165, 1.54) is 0 Å². The fourth-order valence-corrected chi connectivity index (χ4v) is 4.13. The van der Waals surface area contributed by atoms with Gasteiger partial charge >= 0.3 is 5.97 Å². The van der Waals surface area contributed by atoms with Gasteiger partial charge in [-0.15, -0.1) is 11.3 Å². The topological polar surface area (TPSA) is 84.3 Å². The normalized spacial score (nSPS) is 10.9. The minimum atomic E-state index is -0.966. The first-order valence-corrected chi connectivity index (χ1v) is 9.85. The molecule has 0 aliphatic carbocycles. The summed E-state index contributed by atoms with van der Waals surface area (Å²) in [7, 11) is 1.64. The molecule has 0 fully saturated rings. The van der Waals surface area contributed by atoms with Crippen LogP contribution < -0.4 is 10.1 Å². The molecular formula is C22H19N3O3S. The van der Waals surface area contributed by atoms with Crippen LogP contribution in [0.25, 0.3) is 21.3 Å². The number of anilines is 2. The summed E-state index contributed by atoms with van der Waals surface area (Å²) in [6.07, 6.45) is 0. The minimum absolute atomic E-state index is 0.223. The third kappa shape index (κ3) is 3.64. The number of nitrogens with one attached hydrogen (secondary N) is 1. The Morgan fingerprint density at radius 1 is 1.10 bits per heavy atom. The number of benzene rings is 2. The molecule has 0 bridgehead atoms. The Balaban J connectivity index is 1.85. The zero-order valence-corrected chi connectivity index (χ0v) is 17.0. The Labute approximate surface area is 171 Å². The number of hydrogen-bond acceptors (Lipinski definition) is 6. The van der Waals surface area contributed by atoms with Crippen molar-refractivity contribution in [3.8, 4) is 16.9 Å². The number of carbonyl (C=O) groups is 1. The molecule has 0 spiro atoms. The molecule has 0 saturated carbocycles. The molecule has 0 radical (unpaired) electrons. The molecule has 0 unspecified atom stereocenters. The van der Waals surface area contributed by atoms with Gasteiger partial charge in [-0.05, 0) is 49.2 Å². The lowest BCUT2D eigenvalue weighted by Gasteiger charge is -2.12. The van der Waals surface area contributed by atoms with Crippen LogP contribution in [0.1, 0.15) is 21.7 Å². The number of carboxylic acid groups (broad SMARTS) is 1. The molecule has 6 nitrogen and oxygen atoms in total. The third-order valence-corrected chi connectivity index (χ3v) is 5.56. The summed E-state index contributed by atoms with van der Waals surface area (Å²) in [5.74, 6) is 1.13. The number of rotatable bonds is 5. The van der Waals surface area contributed by atoms with Crippen molar-refractivity contribution in [1.82, 2.24) is 9.97 Å². The van der Waals surface area contributed by atoms with E-state index in [0.717, 1.165) is 32.7 Å². The first kappa shape index (κ1) is 18.9. The van der Waals surface area contributed by atoms with Crippen LogP contribution in [0.4, 0.5) is 11.5 Å². The van der Waals surface area contributed by atoms with Gasteiger partial charge in [-0.3, -0.25) is 0 Å². The van der Waals surface area contributed by atoms with Crippen LogP contribution >= 0.6 is 11.3 Å². The lowest BCUT2D eigenvalue weighted by atomic mass is 10.1. The van der Waals surface area contributed by atoms with Gasteiger partial charge in [0.25, 0.3) is 0 Å². The summed E-state index contributed by atoms with van der Waals surface area (Å²) in [5.41, 5.74) is 3.91. The largest absolute Gasteiger partial charge is 0.497 e. The molecule has 0 saturated heterocycles. The maximum Gasteiger partial charge on any atom is 0.335 e. The van der Waals surface area contributed by atoms with Gasteiger partial charge in [0.05, 0.1) is 18.1 Å². The van der Waals surface area contributed by atoms with Crippen molar-refractivity contribution >= 4 is 39.0 Å². The number of ether oxygens (including phenoxy) is 1. The Morgan fingerprint density at radius 2 is 1.86 bits per heavy atom. The van der Waals surface area contributed by atoms with E-state index in [-0.39, 0.29) is 5.56 Å². The maximum absolute atomic E-state index is 11.4. The van der Waals surface area contributed by atoms with Crippen molar-refractivity contribution in [1.29, 1.82) is 0 Å². The number of methoxy groups -OCH3 is 1. The Hall–Kier alpha value is -3.45. The second-order valence-electron chi connectivity index (χ2n) is 6.64. The number of aromatic carboxylic acids is 1.